The van der Waals surface area contributed by atoms with Crippen molar-refractivity contribution in [2.75, 3.05) is 20.6 Å². The number of nitrogens with zero attached hydrogens (tertiary/aromatic N) is 1. The van der Waals surface area contributed by atoms with Crippen molar-refractivity contribution in [3.63, 3.8) is 0 Å². The fourth-order valence-electron chi connectivity index (χ4n) is 1.15. The third kappa shape index (κ3) is 4.30. The van der Waals surface area contributed by atoms with E-state index < -0.39 is 5.41 Å². The predicted octanol–water partition coefficient (Wildman–Crippen LogP) is 0.283. The average molecular weight is 259 g/mol. The first-order valence-electron chi connectivity index (χ1n) is 5.54. The lowest BCUT2D eigenvalue weighted by Crippen LogP contribution is -2.47. The summed E-state index contributed by atoms with van der Waals surface area (Å²) in [6.07, 6.45) is 0.811. The van der Waals surface area contributed by atoms with Gasteiger partial charge in [-0.25, -0.2) is 0 Å². The van der Waals surface area contributed by atoms with E-state index in [9.17, 15) is 9.59 Å². The van der Waals surface area contributed by atoms with Crippen LogP contribution in [0.5, 0.6) is 0 Å². The van der Waals surface area contributed by atoms with Crippen LogP contribution in [0.2, 0.25) is 0 Å². The van der Waals surface area contributed by atoms with Crippen LogP contribution in [0.15, 0.2) is 0 Å². The molecule has 0 aromatic heterocycles. The zero-order valence-electron chi connectivity index (χ0n) is 10.9. The number of carbonyl (C=O) groups is 2. The highest BCUT2D eigenvalue weighted by Gasteiger charge is 2.34. The molecular formula is C11H21N3O2S. The van der Waals surface area contributed by atoms with E-state index in [-0.39, 0.29) is 23.2 Å². The van der Waals surface area contributed by atoms with E-state index in [0.29, 0.717) is 13.0 Å². The normalized spacial score (nSPS) is 13.6. The van der Waals surface area contributed by atoms with Crippen molar-refractivity contribution in [2.24, 2.45) is 11.1 Å². The first-order valence-corrected chi connectivity index (χ1v) is 5.95. The maximum Gasteiger partial charge on any atom is 0.232 e. The molecule has 0 rings (SSSR count). The smallest absolute Gasteiger partial charge is 0.232 e. The molecule has 0 saturated heterocycles. The van der Waals surface area contributed by atoms with Gasteiger partial charge in [-0.2, -0.15) is 0 Å². The van der Waals surface area contributed by atoms with E-state index in [1.54, 1.807) is 21.0 Å². The zero-order chi connectivity index (χ0) is 13.6. The Bertz CT molecular complexity index is 318. The van der Waals surface area contributed by atoms with Crippen LogP contribution < -0.4 is 11.1 Å². The molecule has 0 aromatic rings. The molecule has 0 radical (unpaired) electrons. The number of rotatable bonds is 6. The van der Waals surface area contributed by atoms with Crippen molar-refractivity contribution in [1.82, 2.24) is 10.2 Å². The van der Waals surface area contributed by atoms with Gasteiger partial charge >= 0.3 is 0 Å². The molecule has 0 saturated carbocycles. The van der Waals surface area contributed by atoms with Crippen LogP contribution in [0, 0.1) is 5.41 Å². The molecule has 0 aromatic carbocycles. The highest BCUT2D eigenvalue weighted by atomic mass is 32.1. The summed E-state index contributed by atoms with van der Waals surface area (Å²) in [5, 5.41) is 2.69. The highest BCUT2D eigenvalue weighted by Crippen LogP contribution is 2.21. The van der Waals surface area contributed by atoms with E-state index in [2.05, 4.69) is 5.32 Å². The van der Waals surface area contributed by atoms with Crippen LogP contribution in [-0.4, -0.2) is 42.3 Å². The topological polar surface area (TPSA) is 75.4 Å². The molecule has 0 heterocycles. The minimum absolute atomic E-state index is 0.0289. The molecule has 0 fully saturated rings. The van der Waals surface area contributed by atoms with Crippen LogP contribution in [0.1, 0.15) is 26.7 Å². The molecule has 1 atom stereocenters. The molecule has 98 valence electrons. The molecular weight excluding hydrogens is 238 g/mol. The number of nitrogens with two attached hydrogens (primary N) is 1. The Morgan fingerprint density at radius 3 is 2.29 bits per heavy atom. The quantitative estimate of drug-likeness (QED) is 0.672. The molecule has 17 heavy (non-hydrogen) atoms. The number of hydrogen-bond donors (Lipinski definition) is 2. The minimum Gasteiger partial charge on any atom is -0.392 e. The van der Waals surface area contributed by atoms with Crippen LogP contribution in [-0.2, 0) is 9.59 Å². The molecule has 0 aliphatic carbocycles. The SMILES string of the molecule is CCC(C)(C(=O)NCCC(=O)N(C)C)C(N)=S. The maximum absolute atomic E-state index is 11.9. The van der Waals surface area contributed by atoms with Gasteiger partial charge in [0.2, 0.25) is 11.8 Å². The van der Waals surface area contributed by atoms with E-state index in [0.717, 1.165) is 0 Å². The number of nitrogens with one attached hydrogen (secondary N) is 1. The van der Waals surface area contributed by atoms with E-state index in [4.69, 9.17) is 18.0 Å². The molecule has 3 N–H and O–H groups in total. The first kappa shape index (κ1) is 15.8. The van der Waals surface area contributed by atoms with E-state index >= 15 is 0 Å². The minimum atomic E-state index is -0.837. The Morgan fingerprint density at radius 2 is 1.94 bits per heavy atom. The van der Waals surface area contributed by atoms with Crippen molar-refractivity contribution in [3.05, 3.63) is 0 Å². The molecule has 0 bridgehead atoms. The van der Waals surface area contributed by atoms with Gasteiger partial charge in [-0.15, -0.1) is 0 Å². The van der Waals surface area contributed by atoms with Gasteiger partial charge < -0.3 is 16.0 Å². The molecule has 0 spiro atoms. The molecule has 2 amide bonds. The summed E-state index contributed by atoms with van der Waals surface area (Å²) >= 11 is 4.89. The van der Waals surface area contributed by atoms with E-state index in [1.807, 2.05) is 6.92 Å². The Balaban J connectivity index is 4.27. The fourth-order valence-corrected chi connectivity index (χ4v) is 1.39. The average Bonchev–Trinajstić information content (AvgIpc) is 2.26. The van der Waals surface area contributed by atoms with Gasteiger partial charge in [0, 0.05) is 27.1 Å². The summed E-state index contributed by atoms with van der Waals surface area (Å²) in [6, 6.07) is 0. The Morgan fingerprint density at radius 1 is 1.41 bits per heavy atom. The summed E-state index contributed by atoms with van der Waals surface area (Å²) in [4.78, 5) is 24.8. The van der Waals surface area contributed by atoms with Gasteiger partial charge in [0.05, 0.1) is 10.4 Å². The summed E-state index contributed by atoms with van der Waals surface area (Å²) < 4.78 is 0. The summed E-state index contributed by atoms with van der Waals surface area (Å²) in [6.45, 7) is 3.86. The Labute approximate surface area is 108 Å². The lowest BCUT2D eigenvalue weighted by molar-refractivity contribution is -0.129. The summed E-state index contributed by atoms with van der Waals surface area (Å²) in [5.74, 6) is -0.252. The van der Waals surface area contributed by atoms with Crippen molar-refractivity contribution >= 4 is 29.0 Å². The highest BCUT2D eigenvalue weighted by molar-refractivity contribution is 7.80. The number of carbonyl (C=O) groups excluding carboxylic acids is 2. The maximum atomic E-state index is 11.9. The van der Waals surface area contributed by atoms with Crippen LogP contribution in [0.4, 0.5) is 0 Å². The Kier molecular flexibility index (Phi) is 6.09. The summed E-state index contributed by atoms with van der Waals surface area (Å²) in [5.41, 5.74) is 4.72. The molecule has 0 aliphatic heterocycles. The van der Waals surface area contributed by atoms with Crippen molar-refractivity contribution < 1.29 is 9.59 Å². The third-order valence-corrected chi connectivity index (χ3v) is 3.33. The van der Waals surface area contributed by atoms with Gasteiger partial charge in [-0.05, 0) is 13.3 Å². The molecule has 1 unspecified atom stereocenters. The Hall–Kier alpha value is -1.17. The van der Waals surface area contributed by atoms with Crippen molar-refractivity contribution in [1.29, 1.82) is 0 Å². The second kappa shape index (κ2) is 6.54. The van der Waals surface area contributed by atoms with Crippen molar-refractivity contribution in [3.8, 4) is 0 Å². The van der Waals surface area contributed by atoms with Gasteiger partial charge in [-0.1, -0.05) is 19.1 Å². The predicted molar refractivity (Wildman–Crippen MR) is 71.5 cm³/mol. The monoisotopic (exact) mass is 259 g/mol. The molecule has 0 aliphatic rings. The van der Waals surface area contributed by atoms with Crippen LogP contribution in [0.25, 0.3) is 0 Å². The van der Waals surface area contributed by atoms with Gasteiger partial charge in [-0.3, -0.25) is 9.59 Å². The van der Waals surface area contributed by atoms with Crippen molar-refractivity contribution in [2.45, 2.75) is 26.7 Å². The largest absolute Gasteiger partial charge is 0.392 e. The summed E-state index contributed by atoms with van der Waals surface area (Å²) in [7, 11) is 3.35. The third-order valence-electron chi connectivity index (χ3n) is 2.88. The van der Waals surface area contributed by atoms with Crippen LogP contribution >= 0.6 is 12.2 Å². The standard InChI is InChI=1S/C11H21N3O2S/c1-5-11(2,9(12)17)10(16)13-7-6-8(15)14(3)4/h5-7H2,1-4H3,(H2,12,17)(H,13,16). The zero-order valence-corrected chi connectivity index (χ0v) is 11.7. The first-order chi connectivity index (χ1) is 7.75. The van der Waals surface area contributed by atoms with E-state index in [1.165, 1.54) is 4.90 Å². The van der Waals surface area contributed by atoms with Gasteiger partial charge in [0.15, 0.2) is 0 Å². The number of thiocarbonyl (C=S) groups is 1. The number of hydrogen-bond acceptors (Lipinski definition) is 3. The second-order valence-corrected chi connectivity index (χ2v) is 4.78. The lowest BCUT2D eigenvalue weighted by Gasteiger charge is -2.25. The van der Waals surface area contributed by atoms with Gasteiger partial charge in [0.25, 0.3) is 0 Å². The molecule has 5 nitrogen and oxygen atoms in total. The molecule has 6 heteroatoms. The van der Waals surface area contributed by atoms with Crippen LogP contribution in [0.3, 0.4) is 0 Å². The number of amides is 2. The lowest BCUT2D eigenvalue weighted by atomic mass is 9.86. The second-order valence-electron chi connectivity index (χ2n) is 4.34. The fraction of sp³-hybridized carbons (Fsp3) is 0.727. The van der Waals surface area contributed by atoms with Gasteiger partial charge in [0.1, 0.15) is 0 Å².